The summed E-state index contributed by atoms with van der Waals surface area (Å²) >= 11 is 4.10. The average molecular weight is 353 g/mol. The van der Waals surface area contributed by atoms with Gasteiger partial charge in [0.1, 0.15) is 12.1 Å². The molecule has 2 amide bonds. The summed E-state index contributed by atoms with van der Waals surface area (Å²) in [6, 6.07) is 6.45. The molecule has 0 saturated heterocycles. The summed E-state index contributed by atoms with van der Waals surface area (Å²) in [7, 11) is 0. The lowest BCUT2D eigenvalue weighted by Gasteiger charge is -2.34. The first-order chi connectivity index (χ1) is 11.3. The number of nitrogens with two attached hydrogens (primary N) is 1. The first kappa shape index (κ1) is 20.0. The van der Waals surface area contributed by atoms with Gasteiger partial charge in [-0.1, -0.05) is 32.0 Å². The first-order valence-corrected chi connectivity index (χ1v) is 8.17. The third-order valence-corrected chi connectivity index (χ3v) is 3.80. The van der Waals surface area contributed by atoms with Gasteiger partial charge < -0.3 is 16.2 Å². The summed E-state index contributed by atoms with van der Waals surface area (Å²) in [5, 5.41) is 12.1. The minimum atomic E-state index is -1.12. The van der Waals surface area contributed by atoms with Crippen LogP contribution in [-0.2, 0) is 14.4 Å². The molecule has 24 heavy (non-hydrogen) atoms. The number of rotatable bonds is 8. The smallest absolute Gasteiger partial charge is 0.327 e. The zero-order valence-electron chi connectivity index (χ0n) is 13.7. The maximum absolute atomic E-state index is 12.9. The van der Waals surface area contributed by atoms with Gasteiger partial charge in [0.25, 0.3) is 5.91 Å². The summed E-state index contributed by atoms with van der Waals surface area (Å²) in [5.74, 6) is -2.48. The molecular formula is C16H23N3O4S. The minimum Gasteiger partial charge on any atom is -0.480 e. The van der Waals surface area contributed by atoms with E-state index in [-0.39, 0.29) is 18.2 Å². The first-order valence-electron chi connectivity index (χ1n) is 7.54. The monoisotopic (exact) mass is 353 g/mol. The number of carbonyl (C=O) groups excluding carboxylic acids is 2. The number of para-hydroxylation sites is 1. The minimum absolute atomic E-state index is 0.0261. The molecule has 1 aromatic rings. The van der Waals surface area contributed by atoms with Gasteiger partial charge in [-0.3, -0.25) is 14.5 Å². The molecule has 1 rings (SSSR count). The topological polar surface area (TPSA) is 113 Å². The molecule has 7 nitrogen and oxygen atoms in total. The second-order valence-electron chi connectivity index (χ2n) is 5.58. The second kappa shape index (κ2) is 9.29. The van der Waals surface area contributed by atoms with Gasteiger partial charge in [0.2, 0.25) is 5.91 Å². The van der Waals surface area contributed by atoms with Crippen LogP contribution in [0, 0.1) is 5.92 Å². The highest BCUT2D eigenvalue weighted by Crippen LogP contribution is 2.22. The summed E-state index contributed by atoms with van der Waals surface area (Å²) in [6.07, 6.45) is 0. The van der Waals surface area contributed by atoms with Crippen LogP contribution in [0.15, 0.2) is 30.3 Å². The Morgan fingerprint density at radius 3 is 2.25 bits per heavy atom. The third kappa shape index (κ3) is 4.97. The van der Waals surface area contributed by atoms with Crippen molar-refractivity contribution < 1.29 is 19.5 Å². The Kier molecular flexibility index (Phi) is 7.73. The van der Waals surface area contributed by atoms with E-state index >= 15 is 0 Å². The van der Waals surface area contributed by atoms with E-state index in [0.717, 1.165) is 0 Å². The summed E-state index contributed by atoms with van der Waals surface area (Å²) in [6.45, 7) is 3.17. The number of thiol groups is 1. The zero-order chi connectivity index (χ0) is 18.3. The number of amides is 2. The second-order valence-corrected chi connectivity index (χ2v) is 5.94. The van der Waals surface area contributed by atoms with Gasteiger partial charge in [0.15, 0.2) is 0 Å². The molecule has 0 saturated carbocycles. The van der Waals surface area contributed by atoms with Crippen molar-refractivity contribution in [3.8, 4) is 0 Å². The van der Waals surface area contributed by atoms with Crippen LogP contribution in [0.4, 0.5) is 5.69 Å². The maximum Gasteiger partial charge on any atom is 0.327 e. The van der Waals surface area contributed by atoms with Crippen LogP contribution in [0.25, 0.3) is 0 Å². The number of nitrogens with one attached hydrogen (secondary N) is 1. The average Bonchev–Trinajstić information content (AvgIpc) is 2.56. The number of benzene rings is 1. The predicted molar refractivity (Wildman–Crippen MR) is 95.0 cm³/mol. The molecule has 0 aromatic heterocycles. The molecule has 0 fully saturated rings. The quantitative estimate of drug-likeness (QED) is 0.509. The fourth-order valence-corrected chi connectivity index (χ4v) is 2.56. The Labute approximate surface area is 146 Å². The predicted octanol–water partition coefficient (Wildman–Crippen LogP) is 0.502. The van der Waals surface area contributed by atoms with Crippen LogP contribution >= 0.6 is 12.6 Å². The Morgan fingerprint density at radius 2 is 1.83 bits per heavy atom. The van der Waals surface area contributed by atoms with Gasteiger partial charge in [-0.2, -0.15) is 12.6 Å². The number of anilines is 1. The van der Waals surface area contributed by atoms with Gasteiger partial charge in [-0.05, 0) is 18.1 Å². The lowest BCUT2D eigenvalue weighted by molar-refractivity contribution is -0.141. The molecule has 0 bridgehead atoms. The van der Waals surface area contributed by atoms with Crippen molar-refractivity contribution in [2.24, 2.45) is 11.7 Å². The standard InChI is InChI=1S/C16H23N3O4S/c1-10(2)14(16(22)23)19(11-6-4-3-5-7-11)15(21)12(9-24)18-13(20)8-17/h3-7,10,12,14,24H,8-9,17H2,1-2H3,(H,18,20)(H,22,23)/t12-,14-/m0/s1. The Morgan fingerprint density at radius 1 is 1.25 bits per heavy atom. The van der Waals surface area contributed by atoms with Crippen molar-refractivity contribution in [2.75, 3.05) is 17.2 Å². The van der Waals surface area contributed by atoms with Crippen molar-refractivity contribution in [3.63, 3.8) is 0 Å². The number of carboxylic acid groups (broad SMARTS) is 1. The molecule has 0 aliphatic carbocycles. The van der Waals surface area contributed by atoms with E-state index in [1.165, 1.54) is 4.90 Å². The Hall–Kier alpha value is -2.06. The van der Waals surface area contributed by atoms with E-state index in [4.69, 9.17) is 5.73 Å². The molecule has 1 aromatic carbocycles. The van der Waals surface area contributed by atoms with Gasteiger partial charge in [-0.15, -0.1) is 0 Å². The van der Waals surface area contributed by atoms with Crippen LogP contribution in [0.3, 0.4) is 0 Å². The Bertz CT molecular complexity index is 580. The molecule has 2 atom stereocenters. The maximum atomic E-state index is 12.9. The van der Waals surface area contributed by atoms with Crippen LogP contribution in [-0.4, -0.2) is 47.3 Å². The lowest BCUT2D eigenvalue weighted by Crippen LogP contribution is -2.57. The molecule has 8 heteroatoms. The molecule has 0 aliphatic heterocycles. The molecule has 0 radical (unpaired) electrons. The van der Waals surface area contributed by atoms with Crippen molar-refractivity contribution in [1.29, 1.82) is 0 Å². The van der Waals surface area contributed by atoms with Crippen LogP contribution in [0.2, 0.25) is 0 Å². The van der Waals surface area contributed by atoms with E-state index < -0.39 is 29.9 Å². The highest BCUT2D eigenvalue weighted by atomic mass is 32.1. The highest BCUT2D eigenvalue weighted by molar-refractivity contribution is 7.80. The van der Waals surface area contributed by atoms with Crippen LogP contribution < -0.4 is 16.0 Å². The zero-order valence-corrected chi connectivity index (χ0v) is 14.6. The van der Waals surface area contributed by atoms with E-state index in [1.807, 2.05) is 0 Å². The molecular weight excluding hydrogens is 330 g/mol. The van der Waals surface area contributed by atoms with Crippen molar-refractivity contribution in [2.45, 2.75) is 25.9 Å². The van der Waals surface area contributed by atoms with E-state index in [0.29, 0.717) is 5.69 Å². The molecule has 0 unspecified atom stereocenters. The van der Waals surface area contributed by atoms with E-state index in [2.05, 4.69) is 17.9 Å². The van der Waals surface area contributed by atoms with Gasteiger partial charge in [-0.25, -0.2) is 4.79 Å². The lowest BCUT2D eigenvalue weighted by atomic mass is 10.0. The molecule has 0 spiro atoms. The third-order valence-electron chi connectivity index (χ3n) is 3.44. The fraction of sp³-hybridized carbons (Fsp3) is 0.438. The fourth-order valence-electron chi connectivity index (χ4n) is 2.31. The number of hydrogen-bond acceptors (Lipinski definition) is 5. The highest BCUT2D eigenvalue weighted by Gasteiger charge is 2.36. The molecule has 132 valence electrons. The van der Waals surface area contributed by atoms with Crippen LogP contribution in [0.5, 0.6) is 0 Å². The summed E-state index contributed by atoms with van der Waals surface area (Å²) in [4.78, 5) is 37.4. The largest absolute Gasteiger partial charge is 0.480 e. The van der Waals surface area contributed by atoms with E-state index in [1.54, 1.807) is 44.2 Å². The van der Waals surface area contributed by atoms with Crippen LogP contribution in [0.1, 0.15) is 13.8 Å². The number of nitrogens with zero attached hydrogens (tertiary/aromatic N) is 1. The molecule has 0 aliphatic rings. The van der Waals surface area contributed by atoms with Gasteiger partial charge >= 0.3 is 5.97 Å². The van der Waals surface area contributed by atoms with Crippen molar-refractivity contribution >= 4 is 36.1 Å². The normalized spacial score (nSPS) is 13.2. The SMILES string of the molecule is CC(C)[C@@H](C(=O)O)N(C(=O)[C@H](CS)NC(=O)CN)c1ccccc1. The number of aliphatic carboxylic acids is 1. The van der Waals surface area contributed by atoms with Gasteiger partial charge in [0, 0.05) is 11.4 Å². The summed E-state index contributed by atoms with van der Waals surface area (Å²) < 4.78 is 0. The molecule has 0 heterocycles. The Balaban J connectivity index is 3.28. The summed E-state index contributed by atoms with van der Waals surface area (Å²) in [5.41, 5.74) is 5.70. The van der Waals surface area contributed by atoms with Crippen molar-refractivity contribution in [3.05, 3.63) is 30.3 Å². The van der Waals surface area contributed by atoms with Gasteiger partial charge in [0.05, 0.1) is 6.54 Å². The van der Waals surface area contributed by atoms with Crippen molar-refractivity contribution in [1.82, 2.24) is 5.32 Å². The number of carboxylic acids is 1. The van der Waals surface area contributed by atoms with E-state index in [9.17, 15) is 19.5 Å². The molecule has 4 N–H and O–H groups in total. The number of carbonyl (C=O) groups is 3. The number of hydrogen-bond donors (Lipinski definition) is 4.